The van der Waals surface area contributed by atoms with Gasteiger partial charge in [-0.05, 0) is 12.0 Å². The summed E-state index contributed by atoms with van der Waals surface area (Å²) in [7, 11) is 0. The van der Waals surface area contributed by atoms with Gasteiger partial charge in [0.15, 0.2) is 0 Å². The Morgan fingerprint density at radius 1 is 1.24 bits per heavy atom. The van der Waals surface area contributed by atoms with Crippen LogP contribution in [0.1, 0.15) is 30.9 Å². The molecule has 0 spiro atoms. The Bertz CT molecular complexity index is 404. The number of hydrogen-bond donors (Lipinski definition) is 0. The molecule has 0 unspecified atom stereocenters. The highest BCUT2D eigenvalue weighted by Gasteiger charge is 2.34. The van der Waals surface area contributed by atoms with Crippen LogP contribution in [0.15, 0.2) is 30.3 Å². The Kier molecular flexibility index (Phi) is 2.95. The van der Waals surface area contributed by atoms with Gasteiger partial charge in [-0.2, -0.15) is 0 Å². The molecular weight excluding hydrogens is 214 g/mol. The van der Waals surface area contributed by atoms with Gasteiger partial charge >= 0.3 is 0 Å². The number of hydrogen-bond acceptors (Lipinski definition) is 3. The van der Waals surface area contributed by atoms with Gasteiger partial charge in [-0.1, -0.05) is 30.3 Å². The standard InChI is InChI=1S/C14H17NO2/c16-13-6-7-15-10-17-14(9-12(15)8-13)11-4-2-1-3-5-11/h1-5,12,14H,6-10H2/t12-,14+/m1/s1. The molecule has 0 amide bonds. The molecule has 17 heavy (non-hydrogen) atoms. The molecule has 0 N–H and O–H groups in total. The number of piperidine rings is 1. The summed E-state index contributed by atoms with van der Waals surface area (Å²) < 4.78 is 5.88. The fourth-order valence-corrected chi connectivity index (χ4v) is 2.75. The highest BCUT2D eigenvalue weighted by atomic mass is 16.5. The molecule has 3 heteroatoms. The van der Waals surface area contributed by atoms with Crippen molar-refractivity contribution in [2.45, 2.75) is 31.4 Å². The second kappa shape index (κ2) is 4.59. The molecule has 2 heterocycles. The van der Waals surface area contributed by atoms with E-state index < -0.39 is 0 Å². The Hall–Kier alpha value is -1.19. The predicted octanol–water partition coefficient (Wildman–Crippen LogP) is 2.14. The first-order valence-corrected chi connectivity index (χ1v) is 6.25. The Morgan fingerprint density at radius 3 is 2.88 bits per heavy atom. The maximum Gasteiger partial charge on any atom is 0.135 e. The molecule has 0 aliphatic carbocycles. The minimum atomic E-state index is 0.156. The van der Waals surface area contributed by atoms with Gasteiger partial charge in [-0.25, -0.2) is 0 Å². The van der Waals surface area contributed by atoms with E-state index in [0.717, 1.165) is 13.0 Å². The predicted molar refractivity (Wildman–Crippen MR) is 64.5 cm³/mol. The number of Topliss-reactive ketones (excluding diaryl/α,β-unsaturated/α-hetero) is 1. The molecule has 0 radical (unpaired) electrons. The SMILES string of the molecule is O=C1CCN2CO[C@H](c3ccccc3)C[C@H]2C1. The molecule has 0 bridgehead atoms. The molecule has 3 nitrogen and oxygen atoms in total. The molecule has 0 saturated carbocycles. The van der Waals surface area contributed by atoms with Crippen molar-refractivity contribution in [3.8, 4) is 0 Å². The number of fused-ring (bicyclic) bond motifs is 1. The first kappa shape index (κ1) is 10.9. The first-order valence-electron chi connectivity index (χ1n) is 6.25. The summed E-state index contributed by atoms with van der Waals surface area (Å²) in [6, 6.07) is 10.7. The van der Waals surface area contributed by atoms with Crippen LogP contribution in [0.25, 0.3) is 0 Å². The first-order chi connectivity index (χ1) is 8.33. The van der Waals surface area contributed by atoms with Gasteiger partial charge in [0.05, 0.1) is 6.10 Å². The number of ether oxygens (including phenoxy) is 1. The van der Waals surface area contributed by atoms with Gasteiger partial charge in [0.2, 0.25) is 0 Å². The second-order valence-corrected chi connectivity index (χ2v) is 4.89. The third-order valence-electron chi connectivity index (χ3n) is 3.76. The van der Waals surface area contributed by atoms with Gasteiger partial charge in [0.1, 0.15) is 12.5 Å². The summed E-state index contributed by atoms with van der Waals surface area (Å²) in [5, 5.41) is 0. The van der Waals surface area contributed by atoms with Gasteiger partial charge in [0.25, 0.3) is 0 Å². The van der Waals surface area contributed by atoms with Crippen molar-refractivity contribution in [1.82, 2.24) is 4.90 Å². The van der Waals surface area contributed by atoms with Crippen LogP contribution in [-0.2, 0) is 9.53 Å². The Morgan fingerprint density at radius 2 is 2.06 bits per heavy atom. The van der Waals surface area contributed by atoms with E-state index in [1.54, 1.807) is 0 Å². The third kappa shape index (κ3) is 2.26. The summed E-state index contributed by atoms with van der Waals surface area (Å²) in [4.78, 5) is 13.8. The molecule has 2 aliphatic heterocycles. The zero-order valence-corrected chi connectivity index (χ0v) is 9.84. The molecule has 0 aromatic heterocycles. The quantitative estimate of drug-likeness (QED) is 0.741. The van der Waals surface area contributed by atoms with E-state index in [1.165, 1.54) is 5.56 Å². The van der Waals surface area contributed by atoms with Crippen LogP contribution in [0.4, 0.5) is 0 Å². The number of carbonyl (C=O) groups is 1. The molecular formula is C14H17NO2. The molecule has 2 aliphatic rings. The number of nitrogens with zero attached hydrogens (tertiary/aromatic N) is 1. The Labute approximate surface area is 101 Å². The average Bonchev–Trinajstić information content (AvgIpc) is 2.39. The number of ketones is 1. The molecule has 2 atom stereocenters. The fourth-order valence-electron chi connectivity index (χ4n) is 2.75. The van der Waals surface area contributed by atoms with Crippen LogP contribution in [0.5, 0.6) is 0 Å². The minimum Gasteiger partial charge on any atom is -0.358 e. The maximum absolute atomic E-state index is 11.5. The van der Waals surface area contributed by atoms with Crippen LogP contribution in [0.3, 0.4) is 0 Å². The summed E-state index contributed by atoms with van der Waals surface area (Å²) in [6.45, 7) is 1.53. The normalized spacial score (nSPS) is 30.0. The lowest BCUT2D eigenvalue weighted by Gasteiger charge is -2.41. The van der Waals surface area contributed by atoms with Crippen molar-refractivity contribution in [3.63, 3.8) is 0 Å². The lowest BCUT2D eigenvalue weighted by molar-refractivity contribution is -0.137. The highest BCUT2D eigenvalue weighted by molar-refractivity contribution is 5.80. The highest BCUT2D eigenvalue weighted by Crippen LogP contribution is 2.32. The van der Waals surface area contributed by atoms with Crippen LogP contribution >= 0.6 is 0 Å². The van der Waals surface area contributed by atoms with E-state index in [2.05, 4.69) is 17.0 Å². The van der Waals surface area contributed by atoms with E-state index in [0.29, 0.717) is 31.4 Å². The van der Waals surface area contributed by atoms with E-state index >= 15 is 0 Å². The van der Waals surface area contributed by atoms with Crippen LogP contribution in [0.2, 0.25) is 0 Å². The largest absolute Gasteiger partial charge is 0.358 e. The van der Waals surface area contributed by atoms with Crippen LogP contribution in [0, 0.1) is 0 Å². The van der Waals surface area contributed by atoms with Gasteiger partial charge in [0, 0.05) is 25.4 Å². The average molecular weight is 231 g/mol. The van der Waals surface area contributed by atoms with E-state index in [4.69, 9.17) is 4.74 Å². The van der Waals surface area contributed by atoms with Crippen molar-refractivity contribution in [2.24, 2.45) is 0 Å². The zero-order chi connectivity index (χ0) is 11.7. The summed E-state index contributed by atoms with van der Waals surface area (Å²) >= 11 is 0. The number of rotatable bonds is 1. The molecule has 1 aromatic carbocycles. The van der Waals surface area contributed by atoms with E-state index in [9.17, 15) is 4.79 Å². The smallest absolute Gasteiger partial charge is 0.135 e. The molecule has 2 fully saturated rings. The van der Waals surface area contributed by atoms with Crippen molar-refractivity contribution in [2.75, 3.05) is 13.3 Å². The zero-order valence-electron chi connectivity index (χ0n) is 9.84. The summed E-state index contributed by atoms with van der Waals surface area (Å²) in [6.07, 6.45) is 2.49. The Balaban J connectivity index is 1.72. The number of carbonyl (C=O) groups excluding carboxylic acids is 1. The fraction of sp³-hybridized carbons (Fsp3) is 0.500. The second-order valence-electron chi connectivity index (χ2n) is 4.89. The molecule has 1 aromatic rings. The van der Waals surface area contributed by atoms with Crippen molar-refractivity contribution in [3.05, 3.63) is 35.9 Å². The van der Waals surface area contributed by atoms with Gasteiger partial charge < -0.3 is 4.74 Å². The molecule has 2 saturated heterocycles. The van der Waals surface area contributed by atoms with E-state index in [1.807, 2.05) is 18.2 Å². The summed E-state index contributed by atoms with van der Waals surface area (Å²) in [5.74, 6) is 0.403. The van der Waals surface area contributed by atoms with Crippen LogP contribution < -0.4 is 0 Å². The van der Waals surface area contributed by atoms with Crippen molar-refractivity contribution >= 4 is 5.78 Å². The van der Waals surface area contributed by atoms with Crippen molar-refractivity contribution < 1.29 is 9.53 Å². The molecule has 3 rings (SSSR count). The van der Waals surface area contributed by atoms with Crippen molar-refractivity contribution in [1.29, 1.82) is 0 Å². The monoisotopic (exact) mass is 231 g/mol. The minimum absolute atomic E-state index is 0.156. The lowest BCUT2D eigenvalue weighted by atomic mass is 9.92. The molecule has 90 valence electrons. The number of benzene rings is 1. The van der Waals surface area contributed by atoms with Crippen LogP contribution in [-0.4, -0.2) is 30.0 Å². The third-order valence-corrected chi connectivity index (χ3v) is 3.76. The lowest BCUT2D eigenvalue weighted by Crippen LogP contribution is -2.48. The van der Waals surface area contributed by atoms with Gasteiger partial charge in [-0.15, -0.1) is 0 Å². The topological polar surface area (TPSA) is 29.5 Å². The van der Waals surface area contributed by atoms with Gasteiger partial charge in [-0.3, -0.25) is 9.69 Å². The maximum atomic E-state index is 11.5. The van der Waals surface area contributed by atoms with E-state index in [-0.39, 0.29) is 6.10 Å². The summed E-state index contributed by atoms with van der Waals surface area (Å²) in [5.41, 5.74) is 1.23.